The number of pyridine rings is 1. The van der Waals surface area contributed by atoms with Crippen molar-refractivity contribution in [3.8, 4) is 11.1 Å². The number of rotatable bonds is 6. The number of hydrogen-bond acceptors (Lipinski definition) is 6. The molecule has 3 aromatic rings. The number of nitrogens with zero attached hydrogens (tertiary/aromatic N) is 3. The monoisotopic (exact) mass is 737 g/mol. The Hall–Kier alpha value is -4.43. The summed E-state index contributed by atoms with van der Waals surface area (Å²) in [4.78, 5) is 26.8. The standard InChI is InChI=1S/C26H25F6N3O.2C2HF3O2/c27-25(28,29)24(36,26(30,31)32)22-10-8-21(9-11-22)20-6-4-19(5-7-20)17-34-13-15-35(16-14-34)18-23-3-1-2-12-33-23;2*3-2(4,5)1(6)7/h1-12,36H,13-18H2;2*(H,6,7). The van der Waals surface area contributed by atoms with Gasteiger partial charge in [0, 0.05) is 51.0 Å². The number of aliphatic carboxylic acids is 2. The molecule has 3 N–H and O–H groups in total. The summed E-state index contributed by atoms with van der Waals surface area (Å²) in [6, 6.07) is 16.8. The van der Waals surface area contributed by atoms with Gasteiger partial charge in [-0.15, -0.1) is 0 Å². The average Bonchev–Trinajstić information content (AvgIpc) is 3.01. The van der Waals surface area contributed by atoms with Crippen molar-refractivity contribution in [2.24, 2.45) is 0 Å². The molecule has 1 aliphatic rings. The molecular weight excluding hydrogens is 710 g/mol. The van der Waals surface area contributed by atoms with Gasteiger partial charge in [0.15, 0.2) is 0 Å². The van der Waals surface area contributed by atoms with Crippen molar-refractivity contribution in [3.63, 3.8) is 0 Å². The molecule has 0 spiro atoms. The zero-order valence-corrected chi connectivity index (χ0v) is 25.2. The van der Waals surface area contributed by atoms with Crippen LogP contribution in [0.4, 0.5) is 52.7 Å². The number of piperazine rings is 1. The van der Waals surface area contributed by atoms with Crippen LogP contribution in [0.5, 0.6) is 0 Å². The molecular formula is C30H27F12N3O5. The Balaban J connectivity index is 0.000000521. The summed E-state index contributed by atoms with van der Waals surface area (Å²) in [7, 11) is 0. The van der Waals surface area contributed by atoms with Gasteiger partial charge in [0.1, 0.15) is 0 Å². The van der Waals surface area contributed by atoms with E-state index in [2.05, 4.69) is 14.8 Å². The second-order valence-corrected chi connectivity index (χ2v) is 10.5. The van der Waals surface area contributed by atoms with Crippen molar-refractivity contribution >= 4 is 11.9 Å². The predicted octanol–water partition coefficient (Wildman–Crippen LogP) is 6.65. The van der Waals surface area contributed by atoms with Crippen molar-refractivity contribution in [1.82, 2.24) is 14.8 Å². The Kier molecular flexibility index (Phi) is 13.8. The molecule has 0 aliphatic carbocycles. The summed E-state index contributed by atoms with van der Waals surface area (Å²) >= 11 is 0. The maximum atomic E-state index is 13.1. The van der Waals surface area contributed by atoms with E-state index in [0.29, 0.717) is 23.3 Å². The van der Waals surface area contributed by atoms with Crippen LogP contribution in [0, 0.1) is 0 Å². The second kappa shape index (κ2) is 16.5. The van der Waals surface area contributed by atoms with Gasteiger partial charge < -0.3 is 15.3 Å². The highest BCUT2D eigenvalue weighted by Gasteiger charge is 2.71. The average molecular weight is 738 g/mol. The molecule has 1 aromatic heterocycles. The number of hydrogen-bond donors (Lipinski definition) is 3. The van der Waals surface area contributed by atoms with E-state index in [1.54, 1.807) is 18.3 Å². The van der Waals surface area contributed by atoms with Gasteiger partial charge >= 0.3 is 36.6 Å². The summed E-state index contributed by atoms with van der Waals surface area (Å²) in [6.07, 6.45) is -20.2. The minimum absolute atomic E-state index is 0.445. The molecule has 0 atom stereocenters. The topological polar surface area (TPSA) is 114 Å². The van der Waals surface area contributed by atoms with Crippen LogP contribution in [-0.2, 0) is 28.3 Å². The van der Waals surface area contributed by atoms with Crippen molar-refractivity contribution in [2.45, 2.75) is 43.4 Å². The Morgan fingerprint density at radius 3 is 1.32 bits per heavy atom. The van der Waals surface area contributed by atoms with Crippen LogP contribution in [-0.4, -0.2) is 92.9 Å². The molecule has 1 saturated heterocycles. The third-order valence-corrected chi connectivity index (χ3v) is 6.88. The lowest BCUT2D eigenvalue weighted by atomic mass is 9.90. The number of benzene rings is 2. The van der Waals surface area contributed by atoms with Crippen LogP contribution in [0.1, 0.15) is 16.8 Å². The van der Waals surface area contributed by atoms with Crippen LogP contribution >= 0.6 is 0 Å². The van der Waals surface area contributed by atoms with Gasteiger partial charge in [-0.1, -0.05) is 54.6 Å². The lowest BCUT2D eigenvalue weighted by molar-refractivity contribution is -0.376. The van der Waals surface area contributed by atoms with Crippen molar-refractivity contribution in [3.05, 3.63) is 89.7 Å². The van der Waals surface area contributed by atoms with Gasteiger partial charge in [-0.25, -0.2) is 9.59 Å². The first-order valence-corrected chi connectivity index (χ1v) is 13.9. The SMILES string of the molecule is O=C(O)C(F)(F)F.O=C(O)C(F)(F)F.OC(c1ccc(-c2ccc(CN3CCN(Cc4ccccn4)CC3)cc2)cc1)(C(F)(F)F)C(F)(F)F. The fourth-order valence-electron chi connectivity index (χ4n) is 4.28. The number of carboxylic acid groups (broad SMARTS) is 2. The Morgan fingerprint density at radius 1 is 0.600 bits per heavy atom. The fourth-order valence-corrected chi connectivity index (χ4v) is 4.28. The van der Waals surface area contributed by atoms with Gasteiger partial charge in [-0.05, 0) is 28.8 Å². The van der Waals surface area contributed by atoms with Crippen molar-refractivity contribution in [2.75, 3.05) is 26.2 Å². The first kappa shape index (κ1) is 41.7. The molecule has 2 heterocycles. The smallest absolute Gasteiger partial charge is 0.475 e. The number of carbonyl (C=O) groups is 2. The Labute approximate surface area is 275 Å². The minimum Gasteiger partial charge on any atom is -0.475 e. The summed E-state index contributed by atoms with van der Waals surface area (Å²) < 4.78 is 142. The lowest BCUT2D eigenvalue weighted by Gasteiger charge is -2.34. The summed E-state index contributed by atoms with van der Waals surface area (Å²) in [5, 5.41) is 23.8. The maximum Gasteiger partial charge on any atom is 0.490 e. The van der Waals surface area contributed by atoms with Gasteiger partial charge in [0.25, 0.3) is 5.60 Å². The van der Waals surface area contributed by atoms with Crippen LogP contribution in [0.3, 0.4) is 0 Å². The summed E-state index contributed by atoms with van der Waals surface area (Å²) in [5.41, 5.74) is -3.02. The van der Waals surface area contributed by atoms with Gasteiger partial charge in [-0.2, -0.15) is 52.7 Å². The van der Waals surface area contributed by atoms with Crippen LogP contribution in [0.25, 0.3) is 11.1 Å². The van der Waals surface area contributed by atoms with Crippen LogP contribution in [0.15, 0.2) is 72.9 Å². The molecule has 50 heavy (non-hydrogen) atoms. The minimum atomic E-state index is -5.90. The van der Waals surface area contributed by atoms with Gasteiger partial charge in [-0.3, -0.25) is 14.8 Å². The summed E-state index contributed by atoms with van der Waals surface area (Å²) in [5.74, 6) is -5.51. The maximum absolute atomic E-state index is 13.1. The quantitative estimate of drug-likeness (QED) is 0.242. The number of halogens is 12. The van der Waals surface area contributed by atoms with E-state index >= 15 is 0 Å². The second-order valence-electron chi connectivity index (χ2n) is 10.5. The molecule has 1 fully saturated rings. The van der Waals surface area contributed by atoms with Gasteiger partial charge in [0.05, 0.1) is 5.69 Å². The third-order valence-electron chi connectivity index (χ3n) is 6.88. The molecule has 4 rings (SSSR count). The first-order chi connectivity index (χ1) is 22.9. The number of alkyl halides is 12. The molecule has 0 bridgehead atoms. The van der Waals surface area contributed by atoms with E-state index in [1.165, 1.54) is 0 Å². The molecule has 276 valence electrons. The molecule has 0 saturated carbocycles. The number of aliphatic hydroxyl groups is 1. The molecule has 1 aliphatic heterocycles. The third kappa shape index (κ3) is 11.9. The highest BCUT2D eigenvalue weighted by Crippen LogP contribution is 2.50. The summed E-state index contributed by atoms with van der Waals surface area (Å²) in [6.45, 7) is 5.19. The van der Waals surface area contributed by atoms with Crippen LogP contribution in [0.2, 0.25) is 0 Å². The number of aromatic nitrogens is 1. The van der Waals surface area contributed by atoms with E-state index in [9.17, 15) is 57.8 Å². The number of carboxylic acids is 2. The molecule has 0 radical (unpaired) electrons. The molecule has 20 heteroatoms. The van der Waals surface area contributed by atoms with Crippen molar-refractivity contribution in [1.29, 1.82) is 0 Å². The largest absolute Gasteiger partial charge is 0.490 e. The fraction of sp³-hybridized carbons (Fsp3) is 0.367. The highest BCUT2D eigenvalue weighted by atomic mass is 19.4. The van der Waals surface area contributed by atoms with E-state index in [4.69, 9.17) is 19.8 Å². The predicted molar refractivity (Wildman–Crippen MR) is 150 cm³/mol. The molecule has 0 unspecified atom stereocenters. The van der Waals surface area contributed by atoms with E-state index < -0.39 is 47.8 Å². The van der Waals surface area contributed by atoms with Crippen LogP contribution < -0.4 is 0 Å². The Bertz CT molecular complexity index is 1480. The lowest BCUT2D eigenvalue weighted by Crippen LogP contribution is -2.53. The van der Waals surface area contributed by atoms with E-state index in [0.717, 1.165) is 62.7 Å². The molecule has 8 nitrogen and oxygen atoms in total. The Morgan fingerprint density at radius 2 is 0.980 bits per heavy atom. The molecule has 0 amide bonds. The zero-order chi connectivity index (χ0) is 38.1. The zero-order valence-electron chi connectivity index (χ0n) is 25.2. The highest BCUT2D eigenvalue weighted by molar-refractivity contribution is 5.73. The van der Waals surface area contributed by atoms with Gasteiger partial charge in [0.2, 0.25) is 0 Å². The van der Waals surface area contributed by atoms with E-state index in [-0.39, 0.29) is 0 Å². The molecule has 2 aromatic carbocycles. The first-order valence-electron chi connectivity index (χ1n) is 13.9. The normalized spacial score (nSPS) is 14.9. The van der Waals surface area contributed by atoms with Crippen molar-refractivity contribution < 1.29 is 77.6 Å². The van der Waals surface area contributed by atoms with E-state index in [1.807, 2.05) is 30.3 Å².